The summed E-state index contributed by atoms with van der Waals surface area (Å²) in [5, 5.41) is 4.93. The largest absolute Gasteiger partial charge is 0.497 e. The second kappa shape index (κ2) is 9.88. The Labute approximate surface area is 210 Å². The van der Waals surface area contributed by atoms with Gasteiger partial charge in [0, 0.05) is 17.1 Å². The van der Waals surface area contributed by atoms with Crippen molar-refractivity contribution in [3.05, 3.63) is 88.9 Å². The predicted molar refractivity (Wildman–Crippen MR) is 137 cm³/mol. The number of rotatable bonds is 8. The molecule has 0 amide bonds. The first-order valence-electron chi connectivity index (χ1n) is 10.8. The fraction of sp³-hybridized carbons (Fsp3) is 0.208. The number of anilines is 1. The first kappa shape index (κ1) is 25.0. The first-order valence-corrected chi connectivity index (χ1v) is 14.2. The molecule has 3 aromatic carbocycles. The van der Waals surface area contributed by atoms with E-state index < -0.39 is 26.1 Å². The van der Waals surface area contributed by atoms with E-state index in [1.165, 1.54) is 24.3 Å². The molecule has 0 bridgehead atoms. The third kappa shape index (κ3) is 5.44. The highest BCUT2D eigenvalue weighted by Crippen LogP contribution is 2.38. The van der Waals surface area contributed by atoms with Gasteiger partial charge in [-0.05, 0) is 66.6 Å². The number of nitrogens with one attached hydrogen (secondary N) is 1. The topological polar surface area (TPSA) is 105 Å². The molecule has 0 aliphatic carbocycles. The number of halogens is 1. The molecule has 184 valence electrons. The molecule has 3 aromatic rings. The minimum Gasteiger partial charge on any atom is -0.497 e. The molecule has 0 saturated carbocycles. The van der Waals surface area contributed by atoms with Crippen LogP contribution >= 0.6 is 11.6 Å². The van der Waals surface area contributed by atoms with E-state index in [0.29, 0.717) is 34.2 Å². The van der Waals surface area contributed by atoms with Crippen LogP contribution in [0.3, 0.4) is 0 Å². The van der Waals surface area contributed by atoms with E-state index in [9.17, 15) is 16.8 Å². The summed E-state index contributed by atoms with van der Waals surface area (Å²) in [5.74, 6) is 0.584. The highest BCUT2D eigenvalue weighted by molar-refractivity contribution is 7.92. The quantitative estimate of drug-likeness (QED) is 0.453. The van der Waals surface area contributed by atoms with Gasteiger partial charge in [0.15, 0.2) is 0 Å². The van der Waals surface area contributed by atoms with Gasteiger partial charge in [0.05, 0.1) is 29.5 Å². The van der Waals surface area contributed by atoms with Crippen molar-refractivity contribution in [3.63, 3.8) is 0 Å². The van der Waals surface area contributed by atoms with Gasteiger partial charge in [-0.25, -0.2) is 8.42 Å². The summed E-state index contributed by atoms with van der Waals surface area (Å²) in [6.45, 7) is 1.55. The Morgan fingerprint density at radius 3 is 2.34 bits per heavy atom. The molecule has 1 aliphatic rings. The summed E-state index contributed by atoms with van der Waals surface area (Å²) in [7, 11) is -5.92. The molecule has 1 heterocycles. The lowest BCUT2D eigenvalue weighted by molar-refractivity contribution is 0.370. The molecular weight excluding hydrogens is 510 g/mol. The highest BCUT2D eigenvalue weighted by Gasteiger charge is 2.37. The molecule has 8 nitrogen and oxygen atoms in total. The molecule has 0 fully saturated rings. The smallest absolute Gasteiger partial charge is 0.279 e. The van der Waals surface area contributed by atoms with Crippen LogP contribution in [0.15, 0.2) is 82.8 Å². The summed E-state index contributed by atoms with van der Waals surface area (Å²) < 4.78 is 60.0. The number of methoxy groups -OCH3 is 1. The lowest BCUT2D eigenvalue weighted by Gasteiger charge is -2.23. The average Bonchev–Trinajstić information content (AvgIpc) is 3.31. The molecule has 0 spiro atoms. The molecule has 0 aromatic heterocycles. The van der Waals surface area contributed by atoms with Gasteiger partial charge in [-0.15, -0.1) is 0 Å². The van der Waals surface area contributed by atoms with Gasteiger partial charge in [-0.1, -0.05) is 35.9 Å². The molecule has 4 rings (SSSR count). The molecule has 11 heteroatoms. The summed E-state index contributed by atoms with van der Waals surface area (Å²) in [5.41, 5.74) is 2.26. The Kier molecular flexibility index (Phi) is 7.07. The van der Waals surface area contributed by atoms with E-state index in [4.69, 9.17) is 16.3 Å². The van der Waals surface area contributed by atoms with E-state index in [1.54, 1.807) is 62.6 Å². The van der Waals surface area contributed by atoms with E-state index in [-0.39, 0.29) is 10.6 Å². The van der Waals surface area contributed by atoms with Crippen LogP contribution in [0.25, 0.3) is 0 Å². The molecule has 1 unspecified atom stereocenters. The van der Waals surface area contributed by atoms with E-state index in [1.807, 2.05) is 0 Å². The van der Waals surface area contributed by atoms with E-state index >= 15 is 0 Å². The van der Waals surface area contributed by atoms with Crippen LogP contribution in [0, 0.1) is 0 Å². The Bertz CT molecular complexity index is 1460. The van der Waals surface area contributed by atoms with Crippen molar-refractivity contribution in [1.29, 1.82) is 0 Å². The van der Waals surface area contributed by atoms with Crippen LogP contribution in [0.1, 0.15) is 30.5 Å². The van der Waals surface area contributed by atoms with Crippen LogP contribution in [0.5, 0.6) is 5.75 Å². The van der Waals surface area contributed by atoms with Gasteiger partial charge in [0.25, 0.3) is 10.0 Å². The van der Waals surface area contributed by atoms with Gasteiger partial charge in [-0.3, -0.25) is 4.72 Å². The zero-order chi connectivity index (χ0) is 25.2. The maximum Gasteiger partial charge on any atom is 0.279 e. The van der Waals surface area contributed by atoms with Crippen LogP contribution in [0.2, 0.25) is 5.02 Å². The number of hydrazone groups is 1. The third-order valence-electron chi connectivity index (χ3n) is 5.58. The molecule has 0 saturated heterocycles. The van der Waals surface area contributed by atoms with Crippen molar-refractivity contribution < 1.29 is 21.6 Å². The van der Waals surface area contributed by atoms with Gasteiger partial charge in [0.1, 0.15) is 5.75 Å². The zero-order valence-electron chi connectivity index (χ0n) is 19.0. The molecule has 1 aliphatic heterocycles. The van der Waals surface area contributed by atoms with Crippen LogP contribution in [-0.4, -0.2) is 39.8 Å². The summed E-state index contributed by atoms with van der Waals surface area (Å²) in [4.78, 5) is 0.0647. The van der Waals surface area contributed by atoms with Crippen molar-refractivity contribution in [2.75, 3.05) is 17.6 Å². The summed E-state index contributed by atoms with van der Waals surface area (Å²) in [6.07, 6.45) is 0.295. The molecule has 1 N–H and O–H groups in total. The molecular formula is C24H24ClN3O5S2. The van der Waals surface area contributed by atoms with Gasteiger partial charge in [0.2, 0.25) is 10.0 Å². The maximum atomic E-state index is 13.6. The summed E-state index contributed by atoms with van der Waals surface area (Å²) >= 11 is 5.95. The van der Waals surface area contributed by atoms with E-state index in [0.717, 1.165) is 9.98 Å². The molecule has 0 radical (unpaired) electrons. The van der Waals surface area contributed by atoms with Crippen molar-refractivity contribution in [2.24, 2.45) is 5.10 Å². The third-order valence-corrected chi connectivity index (χ3v) is 8.84. The number of sulfonamides is 2. The second-order valence-corrected chi connectivity index (χ2v) is 12.1. The van der Waals surface area contributed by atoms with Crippen molar-refractivity contribution in [3.8, 4) is 5.75 Å². The van der Waals surface area contributed by atoms with Crippen molar-refractivity contribution >= 4 is 43.0 Å². The standard InChI is InChI=1S/C24H24ClN3O5S2/c1-3-34(29,30)27-20-6-4-5-18(15-20)23-16-24(17-7-11-21(33-2)12-8-17)28(26-23)35(31,32)22-13-9-19(25)10-14-22/h4-15,24,27H,3,16H2,1-2H3. The van der Waals surface area contributed by atoms with Crippen molar-refractivity contribution in [1.82, 2.24) is 4.41 Å². The highest BCUT2D eigenvalue weighted by atomic mass is 35.5. The lowest BCUT2D eigenvalue weighted by Crippen LogP contribution is -2.27. The average molecular weight is 534 g/mol. The zero-order valence-corrected chi connectivity index (χ0v) is 21.4. The van der Waals surface area contributed by atoms with Crippen LogP contribution < -0.4 is 9.46 Å². The van der Waals surface area contributed by atoms with Crippen molar-refractivity contribution in [2.45, 2.75) is 24.3 Å². The SMILES string of the molecule is CCS(=O)(=O)Nc1cccc(C2=NN(S(=O)(=O)c3ccc(Cl)cc3)C(c3ccc(OC)cc3)C2)c1. The minimum absolute atomic E-state index is 0.0647. The Morgan fingerprint density at radius 1 is 1.03 bits per heavy atom. The Morgan fingerprint density at radius 2 is 1.71 bits per heavy atom. The molecule has 1 atom stereocenters. The second-order valence-electron chi connectivity index (χ2n) is 7.86. The number of ether oxygens (including phenoxy) is 1. The number of nitrogens with zero attached hydrogens (tertiary/aromatic N) is 2. The number of hydrogen-bond donors (Lipinski definition) is 1. The predicted octanol–water partition coefficient (Wildman–Crippen LogP) is 4.65. The lowest BCUT2D eigenvalue weighted by atomic mass is 9.99. The van der Waals surface area contributed by atoms with E-state index in [2.05, 4.69) is 9.82 Å². The normalized spacial score (nSPS) is 16.1. The summed E-state index contributed by atoms with van der Waals surface area (Å²) in [6, 6.07) is 19.2. The minimum atomic E-state index is -4.01. The maximum absolute atomic E-state index is 13.6. The Hall–Kier alpha value is -3.08. The first-order chi connectivity index (χ1) is 16.6. The van der Waals surface area contributed by atoms with Crippen LogP contribution in [-0.2, 0) is 20.0 Å². The Balaban J connectivity index is 1.76. The van der Waals surface area contributed by atoms with Crippen LogP contribution in [0.4, 0.5) is 5.69 Å². The fourth-order valence-corrected chi connectivity index (χ4v) is 5.88. The number of hydrogen-bond acceptors (Lipinski definition) is 6. The monoisotopic (exact) mass is 533 g/mol. The van der Waals surface area contributed by atoms with Gasteiger partial charge >= 0.3 is 0 Å². The van der Waals surface area contributed by atoms with Gasteiger partial charge < -0.3 is 4.74 Å². The van der Waals surface area contributed by atoms with Gasteiger partial charge in [-0.2, -0.15) is 17.9 Å². The fourth-order valence-electron chi connectivity index (χ4n) is 3.69. The number of benzene rings is 3. The molecule has 35 heavy (non-hydrogen) atoms.